The maximum Gasteiger partial charge on any atom is 0.232 e. The number of halogens is 2. The van der Waals surface area contributed by atoms with Crippen molar-refractivity contribution < 1.29 is 17.8 Å². The number of nitrogens with one attached hydrogen (secondary N) is 1. The van der Waals surface area contributed by atoms with Gasteiger partial charge in [-0.3, -0.25) is 9.00 Å². The average molecular weight is 421 g/mol. The van der Waals surface area contributed by atoms with Crippen molar-refractivity contribution in [1.82, 2.24) is 10.3 Å². The first-order valence-corrected chi connectivity index (χ1v) is 10.4. The monoisotopic (exact) mass is 420 g/mol. The lowest BCUT2D eigenvalue weighted by Gasteiger charge is -2.05. The highest BCUT2D eigenvalue weighted by Gasteiger charge is 2.17. The molecule has 0 fully saturated rings. The predicted molar refractivity (Wildman–Crippen MR) is 107 cm³/mol. The van der Waals surface area contributed by atoms with Gasteiger partial charge in [-0.25, -0.2) is 9.37 Å². The van der Waals surface area contributed by atoms with E-state index in [-0.39, 0.29) is 28.9 Å². The Morgan fingerprint density at radius 2 is 1.93 bits per heavy atom. The van der Waals surface area contributed by atoms with Gasteiger partial charge in [-0.1, -0.05) is 35.9 Å². The van der Waals surface area contributed by atoms with E-state index in [9.17, 15) is 13.4 Å². The molecule has 1 aromatic heterocycles. The van der Waals surface area contributed by atoms with Crippen LogP contribution in [0.3, 0.4) is 0 Å². The van der Waals surface area contributed by atoms with Crippen LogP contribution in [0.2, 0.25) is 5.02 Å². The molecule has 0 aliphatic rings. The number of carbonyl (C=O) groups excluding carboxylic acids is 1. The Kier molecular flexibility index (Phi) is 6.59. The molecule has 3 rings (SSSR count). The number of oxazole rings is 1. The van der Waals surface area contributed by atoms with Crippen LogP contribution in [0.4, 0.5) is 4.39 Å². The van der Waals surface area contributed by atoms with Crippen LogP contribution in [-0.4, -0.2) is 20.9 Å². The molecule has 0 saturated carbocycles. The molecule has 0 aliphatic heterocycles. The topological polar surface area (TPSA) is 72.2 Å². The Balaban J connectivity index is 1.56. The molecular formula is C20H18ClFN2O3S. The number of hydrogen-bond donors (Lipinski definition) is 1. The van der Waals surface area contributed by atoms with Crippen molar-refractivity contribution in [2.45, 2.75) is 19.2 Å². The van der Waals surface area contributed by atoms with Gasteiger partial charge in [-0.15, -0.1) is 0 Å². The summed E-state index contributed by atoms with van der Waals surface area (Å²) in [5.41, 5.74) is 1.58. The quantitative estimate of drug-likeness (QED) is 0.626. The summed E-state index contributed by atoms with van der Waals surface area (Å²) in [5, 5.41) is 3.34. The van der Waals surface area contributed by atoms with Crippen molar-refractivity contribution in [2.75, 3.05) is 5.75 Å². The number of benzene rings is 2. The maximum atomic E-state index is 13.9. The highest BCUT2D eigenvalue weighted by molar-refractivity contribution is 7.84. The third-order valence-corrected chi connectivity index (χ3v) is 5.42. The van der Waals surface area contributed by atoms with Crippen molar-refractivity contribution in [3.63, 3.8) is 0 Å². The summed E-state index contributed by atoms with van der Waals surface area (Å²) in [6.07, 6.45) is 0. The van der Waals surface area contributed by atoms with E-state index >= 15 is 0 Å². The lowest BCUT2D eigenvalue weighted by atomic mass is 10.2. The molecule has 0 saturated heterocycles. The van der Waals surface area contributed by atoms with Gasteiger partial charge >= 0.3 is 0 Å². The summed E-state index contributed by atoms with van der Waals surface area (Å²) in [4.78, 5) is 16.3. The minimum atomic E-state index is -1.47. The highest BCUT2D eigenvalue weighted by Crippen LogP contribution is 2.24. The van der Waals surface area contributed by atoms with Gasteiger partial charge in [0, 0.05) is 22.4 Å². The molecule has 0 aliphatic carbocycles. The Labute approximate surface area is 169 Å². The molecule has 1 N–H and O–H groups in total. The minimum Gasteiger partial charge on any atom is -0.441 e. The Morgan fingerprint density at radius 3 is 2.64 bits per heavy atom. The minimum absolute atomic E-state index is 0.0537. The van der Waals surface area contributed by atoms with Gasteiger partial charge in [0.2, 0.25) is 11.8 Å². The lowest BCUT2D eigenvalue weighted by molar-refractivity contribution is -0.118. The number of nitrogens with zero attached hydrogens (tertiary/aromatic N) is 1. The van der Waals surface area contributed by atoms with Crippen molar-refractivity contribution in [3.8, 4) is 11.5 Å². The van der Waals surface area contributed by atoms with Crippen LogP contribution in [0.15, 0.2) is 52.9 Å². The molecule has 0 radical (unpaired) electrons. The van der Waals surface area contributed by atoms with Gasteiger partial charge in [0.15, 0.2) is 0 Å². The zero-order chi connectivity index (χ0) is 20.1. The van der Waals surface area contributed by atoms with Gasteiger partial charge in [0.1, 0.15) is 17.3 Å². The summed E-state index contributed by atoms with van der Waals surface area (Å²) in [5.74, 6) is -0.294. The van der Waals surface area contributed by atoms with E-state index in [2.05, 4.69) is 10.3 Å². The number of aryl methyl sites for hydroxylation is 1. The third-order valence-electron chi connectivity index (χ3n) is 3.99. The summed E-state index contributed by atoms with van der Waals surface area (Å²) < 4.78 is 31.7. The fraction of sp³-hybridized carbons (Fsp3) is 0.200. The summed E-state index contributed by atoms with van der Waals surface area (Å²) in [6.45, 7) is 2.00. The third kappa shape index (κ3) is 5.27. The molecule has 2 aromatic carbocycles. The second-order valence-electron chi connectivity index (χ2n) is 6.13. The molecule has 3 aromatic rings. The van der Waals surface area contributed by atoms with Gasteiger partial charge in [-0.2, -0.15) is 0 Å². The molecular weight excluding hydrogens is 403 g/mol. The molecule has 28 heavy (non-hydrogen) atoms. The number of amides is 1. The zero-order valence-electron chi connectivity index (χ0n) is 15.1. The van der Waals surface area contributed by atoms with Crippen molar-refractivity contribution in [2.24, 2.45) is 0 Å². The molecule has 5 nitrogen and oxygen atoms in total. The van der Waals surface area contributed by atoms with Crippen LogP contribution in [-0.2, 0) is 27.9 Å². The first-order valence-electron chi connectivity index (χ1n) is 8.49. The van der Waals surface area contributed by atoms with E-state index in [1.807, 2.05) is 12.1 Å². The highest BCUT2D eigenvalue weighted by atomic mass is 35.5. The molecule has 1 atom stereocenters. The standard InChI is InChI=1S/C20H18ClFN2O3S/c1-13-18(24-20(27-13)16-4-2-3-5-17(16)22)11-28(26)12-19(25)23-10-14-6-8-15(21)9-7-14/h2-9H,10-12H2,1H3,(H,23,25)/t28-/m0/s1. The van der Waals surface area contributed by atoms with E-state index in [1.54, 1.807) is 37.3 Å². The molecule has 146 valence electrons. The fourth-order valence-electron chi connectivity index (χ4n) is 2.52. The van der Waals surface area contributed by atoms with Crippen LogP contribution in [0, 0.1) is 12.7 Å². The van der Waals surface area contributed by atoms with Crippen molar-refractivity contribution >= 4 is 28.3 Å². The van der Waals surface area contributed by atoms with Gasteiger partial charge < -0.3 is 9.73 Å². The van der Waals surface area contributed by atoms with Crippen LogP contribution in [0.5, 0.6) is 0 Å². The molecule has 8 heteroatoms. The van der Waals surface area contributed by atoms with E-state index in [1.165, 1.54) is 6.07 Å². The molecule has 0 bridgehead atoms. The SMILES string of the molecule is Cc1oc(-c2ccccc2F)nc1C[S@](=O)CC(=O)NCc1ccc(Cl)cc1. The van der Waals surface area contributed by atoms with E-state index in [0.717, 1.165) is 5.56 Å². The molecule has 0 unspecified atom stereocenters. The molecule has 0 spiro atoms. The smallest absolute Gasteiger partial charge is 0.232 e. The largest absolute Gasteiger partial charge is 0.441 e. The lowest BCUT2D eigenvalue weighted by Crippen LogP contribution is -2.28. The number of carbonyl (C=O) groups is 1. The van der Waals surface area contributed by atoms with Gasteiger partial charge in [-0.05, 0) is 36.8 Å². The normalized spacial score (nSPS) is 12.0. The van der Waals surface area contributed by atoms with Crippen molar-refractivity contribution in [3.05, 3.63) is 76.4 Å². The van der Waals surface area contributed by atoms with Crippen molar-refractivity contribution in [1.29, 1.82) is 0 Å². The van der Waals surface area contributed by atoms with Crippen LogP contribution in [0.1, 0.15) is 17.0 Å². The van der Waals surface area contributed by atoms with E-state index in [0.29, 0.717) is 23.0 Å². The Hall–Kier alpha value is -2.51. The van der Waals surface area contributed by atoms with Crippen LogP contribution < -0.4 is 5.32 Å². The van der Waals surface area contributed by atoms with Gasteiger partial charge in [0.05, 0.1) is 17.0 Å². The molecule has 1 heterocycles. The number of rotatable bonds is 7. The molecule has 1 amide bonds. The maximum absolute atomic E-state index is 13.9. The summed E-state index contributed by atoms with van der Waals surface area (Å²) in [6, 6.07) is 13.2. The second-order valence-corrected chi connectivity index (χ2v) is 8.03. The average Bonchev–Trinajstić information content (AvgIpc) is 3.01. The Bertz CT molecular complexity index is 1000. The summed E-state index contributed by atoms with van der Waals surface area (Å²) in [7, 11) is -1.47. The van der Waals surface area contributed by atoms with Crippen LogP contribution >= 0.6 is 11.6 Å². The van der Waals surface area contributed by atoms with E-state index in [4.69, 9.17) is 16.0 Å². The van der Waals surface area contributed by atoms with Gasteiger partial charge in [0.25, 0.3) is 0 Å². The van der Waals surface area contributed by atoms with Crippen LogP contribution in [0.25, 0.3) is 11.5 Å². The Morgan fingerprint density at radius 1 is 1.21 bits per heavy atom. The first-order chi connectivity index (χ1) is 13.4. The fourth-order valence-corrected chi connectivity index (χ4v) is 3.71. The summed E-state index contributed by atoms with van der Waals surface area (Å²) >= 11 is 5.82. The zero-order valence-corrected chi connectivity index (χ0v) is 16.6. The number of aromatic nitrogens is 1. The predicted octanol–water partition coefficient (Wildman–Crippen LogP) is 4.01. The first kappa shape index (κ1) is 20.2. The van der Waals surface area contributed by atoms with E-state index < -0.39 is 16.6 Å². The second kappa shape index (κ2) is 9.12. The number of hydrogen-bond acceptors (Lipinski definition) is 4.